The average Bonchev–Trinajstić information content (AvgIpc) is 3.40. The molecule has 4 rings (SSSR count). The van der Waals surface area contributed by atoms with Gasteiger partial charge in [-0.05, 0) is 59.4 Å². The molecule has 5 nitrogen and oxygen atoms in total. The summed E-state index contributed by atoms with van der Waals surface area (Å²) >= 11 is 1.61. The van der Waals surface area contributed by atoms with Crippen LogP contribution in [0.3, 0.4) is 0 Å². The fourth-order valence-electron chi connectivity index (χ4n) is 3.43. The normalized spacial score (nSPS) is 15.4. The van der Waals surface area contributed by atoms with Gasteiger partial charge in [0.1, 0.15) is 5.58 Å². The number of hydrogen-bond donors (Lipinski definition) is 1. The fraction of sp³-hybridized carbons (Fsp3) is 0.273. The molecule has 144 valence electrons. The van der Waals surface area contributed by atoms with Gasteiger partial charge in [-0.2, -0.15) is 11.3 Å². The van der Waals surface area contributed by atoms with E-state index in [9.17, 15) is 9.59 Å². The zero-order valence-corrected chi connectivity index (χ0v) is 16.3. The molecule has 1 aliphatic rings. The van der Waals surface area contributed by atoms with E-state index in [1.807, 2.05) is 58.1 Å². The van der Waals surface area contributed by atoms with Crippen molar-refractivity contribution in [3.63, 3.8) is 0 Å². The Kier molecular flexibility index (Phi) is 5.58. The number of likely N-dealkylation sites (tertiary alicyclic amines) is 1. The summed E-state index contributed by atoms with van der Waals surface area (Å²) in [5.74, 6) is 0.647. The van der Waals surface area contributed by atoms with Crippen LogP contribution >= 0.6 is 11.3 Å². The van der Waals surface area contributed by atoms with Gasteiger partial charge in [0.25, 0.3) is 5.91 Å². The van der Waals surface area contributed by atoms with Crippen LogP contribution in [0.5, 0.6) is 0 Å². The van der Waals surface area contributed by atoms with E-state index in [1.165, 1.54) is 0 Å². The van der Waals surface area contributed by atoms with Gasteiger partial charge in [0.05, 0.1) is 0 Å². The molecule has 28 heavy (non-hydrogen) atoms. The maximum absolute atomic E-state index is 12.7. The third-order valence-electron chi connectivity index (χ3n) is 5.07. The zero-order chi connectivity index (χ0) is 19.3. The minimum absolute atomic E-state index is 0.0580. The van der Waals surface area contributed by atoms with Gasteiger partial charge in [-0.25, -0.2) is 0 Å². The van der Waals surface area contributed by atoms with E-state index >= 15 is 0 Å². The quantitative estimate of drug-likeness (QED) is 0.661. The number of para-hydroxylation sites is 1. The van der Waals surface area contributed by atoms with Gasteiger partial charge < -0.3 is 14.6 Å². The van der Waals surface area contributed by atoms with Gasteiger partial charge in [-0.1, -0.05) is 18.2 Å². The average molecular weight is 394 g/mol. The predicted octanol–water partition coefficient (Wildman–Crippen LogP) is 4.18. The van der Waals surface area contributed by atoms with Crippen molar-refractivity contribution in [1.82, 2.24) is 10.2 Å². The summed E-state index contributed by atoms with van der Waals surface area (Å²) < 4.78 is 5.69. The van der Waals surface area contributed by atoms with Crippen LogP contribution in [0.15, 0.2) is 57.7 Å². The van der Waals surface area contributed by atoms with Crippen LogP contribution in [0.1, 0.15) is 29.0 Å². The molecule has 1 N–H and O–H groups in total. The van der Waals surface area contributed by atoms with Gasteiger partial charge in [0.2, 0.25) is 5.91 Å². The minimum atomic E-state index is -0.0769. The molecule has 0 saturated carbocycles. The first-order valence-corrected chi connectivity index (χ1v) is 10.4. The molecule has 2 aromatic heterocycles. The smallest absolute Gasteiger partial charge is 0.289 e. The van der Waals surface area contributed by atoms with Gasteiger partial charge >= 0.3 is 0 Å². The van der Waals surface area contributed by atoms with E-state index < -0.39 is 0 Å². The first-order chi connectivity index (χ1) is 13.7. The SMILES string of the molecule is O=C(/C=C/c1ccsc1)NCC1CCN(C(=O)c2cc3ccccc3o2)CC1. The first-order valence-electron chi connectivity index (χ1n) is 9.45. The van der Waals surface area contributed by atoms with Crippen molar-refractivity contribution in [2.24, 2.45) is 5.92 Å². The number of nitrogens with zero attached hydrogens (tertiary/aromatic N) is 1. The Morgan fingerprint density at radius 2 is 2.04 bits per heavy atom. The Labute approximate surface area is 167 Å². The molecule has 3 aromatic rings. The summed E-state index contributed by atoms with van der Waals surface area (Å²) in [4.78, 5) is 26.5. The zero-order valence-electron chi connectivity index (χ0n) is 15.5. The molecule has 3 heterocycles. The third kappa shape index (κ3) is 4.34. The van der Waals surface area contributed by atoms with Crippen LogP contribution in [-0.2, 0) is 4.79 Å². The van der Waals surface area contributed by atoms with Gasteiger partial charge in [0, 0.05) is 31.1 Å². The summed E-state index contributed by atoms with van der Waals surface area (Å²) in [5, 5.41) is 7.89. The lowest BCUT2D eigenvalue weighted by molar-refractivity contribution is -0.116. The topological polar surface area (TPSA) is 62.6 Å². The summed E-state index contributed by atoms with van der Waals surface area (Å²) in [6.07, 6.45) is 5.14. The first kappa shape index (κ1) is 18.5. The number of thiophene rings is 1. The highest BCUT2D eigenvalue weighted by atomic mass is 32.1. The molecule has 1 aromatic carbocycles. The van der Waals surface area contributed by atoms with E-state index in [-0.39, 0.29) is 11.8 Å². The lowest BCUT2D eigenvalue weighted by atomic mass is 9.96. The molecule has 0 bridgehead atoms. The number of rotatable bonds is 5. The number of benzene rings is 1. The number of carbonyl (C=O) groups excluding carboxylic acids is 2. The van der Waals surface area contributed by atoms with Crippen LogP contribution in [-0.4, -0.2) is 36.3 Å². The molecule has 2 amide bonds. The number of piperidine rings is 1. The van der Waals surface area contributed by atoms with Crippen LogP contribution in [0.25, 0.3) is 17.0 Å². The van der Waals surface area contributed by atoms with Crippen molar-refractivity contribution in [3.05, 3.63) is 64.6 Å². The Hall–Kier alpha value is -2.86. The number of furan rings is 1. The fourth-order valence-corrected chi connectivity index (χ4v) is 4.06. The number of carbonyl (C=O) groups is 2. The highest BCUT2D eigenvalue weighted by Gasteiger charge is 2.25. The Morgan fingerprint density at radius 1 is 1.21 bits per heavy atom. The molecule has 1 aliphatic heterocycles. The van der Waals surface area contributed by atoms with E-state index in [0.29, 0.717) is 31.3 Å². The Bertz CT molecular complexity index is 949. The molecular weight excluding hydrogens is 372 g/mol. The highest BCUT2D eigenvalue weighted by molar-refractivity contribution is 7.08. The van der Waals surface area contributed by atoms with Gasteiger partial charge in [0.15, 0.2) is 5.76 Å². The van der Waals surface area contributed by atoms with Crippen molar-refractivity contribution in [2.45, 2.75) is 12.8 Å². The maximum Gasteiger partial charge on any atom is 0.289 e. The molecule has 1 fully saturated rings. The number of hydrogen-bond acceptors (Lipinski definition) is 4. The van der Waals surface area contributed by atoms with Crippen molar-refractivity contribution in [3.8, 4) is 0 Å². The van der Waals surface area contributed by atoms with Crippen molar-refractivity contribution in [1.29, 1.82) is 0 Å². The molecule has 0 spiro atoms. The second-order valence-corrected chi connectivity index (χ2v) is 7.80. The Balaban J connectivity index is 1.25. The van der Waals surface area contributed by atoms with Crippen molar-refractivity contribution >= 4 is 40.2 Å². The van der Waals surface area contributed by atoms with Crippen LogP contribution in [0.2, 0.25) is 0 Å². The number of nitrogens with one attached hydrogen (secondary N) is 1. The third-order valence-corrected chi connectivity index (χ3v) is 5.77. The summed E-state index contributed by atoms with van der Waals surface area (Å²) in [7, 11) is 0. The summed E-state index contributed by atoms with van der Waals surface area (Å²) in [6, 6.07) is 11.4. The lowest BCUT2D eigenvalue weighted by Crippen LogP contribution is -2.41. The van der Waals surface area contributed by atoms with Crippen LogP contribution < -0.4 is 5.32 Å². The largest absolute Gasteiger partial charge is 0.451 e. The molecule has 1 saturated heterocycles. The van der Waals surface area contributed by atoms with Crippen molar-refractivity contribution < 1.29 is 14.0 Å². The highest BCUT2D eigenvalue weighted by Crippen LogP contribution is 2.23. The van der Waals surface area contributed by atoms with Crippen LogP contribution in [0, 0.1) is 5.92 Å². The second-order valence-electron chi connectivity index (χ2n) is 7.02. The van der Waals surface area contributed by atoms with Gasteiger partial charge in [-0.15, -0.1) is 0 Å². The molecule has 6 heteroatoms. The molecule has 0 atom stereocenters. The summed E-state index contributed by atoms with van der Waals surface area (Å²) in [6.45, 7) is 2.00. The van der Waals surface area contributed by atoms with E-state index in [0.717, 1.165) is 29.4 Å². The molecule has 0 radical (unpaired) electrons. The van der Waals surface area contributed by atoms with Gasteiger partial charge in [-0.3, -0.25) is 9.59 Å². The lowest BCUT2D eigenvalue weighted by Gasteiger charge is -2.31. The van der Waals surface area contributed by atoms with Crippen molar-refractivity contribution in [2.75, 3.05) is 19.6 Å². The Morgan fingerprint density at radius 3 is 2.79 bits per heavy atom. The monoisotopic (exact) mass is 394 g/mol. The minimum Gasteiger partial charge on any atom is -0.451 e. The number of amides is 2. The maximum atomic E-state index is 12.7. The standard InChI is InChI=1S/C22H22N2O3S/c25-21(6-5-17-9-12-28-15-17)23-14-16-7-10-24(11-8-16)22(26)20-13-18-3-1-2-4-19(18)27-20/h1-6,9,12-13,15-16H,7-8,10-11,14H2,(H,23,25)/b6-5+. The van der Waals surface area contributed by atoms with E-state index in [4.69, 9.17) is 4.42 Å². The summed E-state index contributed by atoms with van der Waals surface area (Å²) in [5.41, 5.74) is 1.77. The van der Waals surface area contributed by atoms with E-state index in [2.05, 4.69) is 5.32 Å². The van der Waals surface area contributed by atoms with Crippen LogP contribution in [0.4, 0.5) is 0 Å². The van der Waals surface area contributed by atoms with E-state index in [1.54, 1.807) is 17.4 Å². The molecule has 0 unspecified atom stereocenters. The molecule has 0 aliphatic carbocycles. The second kappa shape index (κ2) is 8.44. The predicted molar refractivity (Wildman–Crippen MR) is 111 cm³/mol. The molecular formula is C22H22N2O3S. The number of fused-ring (bicyclic) bond motifs is 1.